The normalized spacial score (nSPS) is 14.9. The average Bonchev–Trinajstić information content (AvgIpc) is 3.34. The molecule has 1 aliphatic rings. The van der Waals surface area contributed by atoms with Gasteiger partial charge in [0.15, 0.2) is 0 Å². The quantitative estimate of drug-likeness (QED) is 0.400. The molecule has 0 aliphatic carbocycles. The molecule has 0 unspecified atom stereocenters. The molecule has 0 atom stereocenters. The van der Waals surface area contributed by atoms with Gasteiger partial charge in [0.1, 0.15) is 17.1 Å². The first-order chi connectivity index (χ1) is 14.9. The van der Waals surface area contributed by atoms with Crippen LogP contribution in [0.3, 0.4) is 0 Å². The van der Waals surface area contributed by atoms with Crippen molar-refractivity contribution in [1.29, 1.82) is 5.41 Å². The van der Waals surface area contributed by atoms with Crippen LogP contribution in [0.1, 0.15) is 28.2 Å². The lowest BCUT2D eigenvalue weighted by Crippen LogP contribution is -2.29. The number of nitrogens with one attached hydrogen (secondary N) is 2. The summed E-state index contributed by atoms with van der Waals surface area (Å²) in [6.45, 7) is 3.38. The van der Waals surface area contributed by atoms with Crippen molar-refractivity contribution >= 4 is 35.0 Å². The minimum atomic E-state index is -0.382. The van der Waals surface area contributed by atoms with Crippen molar-refractivity contribution in [3.63, 3.8) is 0 Å². The van der Waals surface area contributed by atoms with Crippen LogP contribution in [0.4, 0.5) is 4.39 Å². The van der Waals surface area contributed by atoms with Gasteiger partial charge in [-0.1, -0.05) is 0 Å². The lowest BCUT2D eigenvalue weighted by atomic mass is 10.1. The van der Waals surface area contributed by atoms with Gasteiger partial charge in [0.05, 0.1) is 6.26 Å². The number of benzene rings is 1. The number of aromatic nitrogens is 1. The van der Waals surface area contributed by atoms with E-state index < -0.39 is 0 Å². The Labute approximate surface area is 183 Å². The molecule has 3 aromatic rings. The number of hydrogen-bond acceptors (Lipinski definition) is 6. The van der Waals surface area contributed by atoms with Crippen molar-refractivity contribution in [2.45, 2.75) is 24.8 Å². The summed E-state index contributed by atoms with van der Waals surface area (Å²) in [6.07, 6.45) is 3.52. The summed E-state index contributed by atoms with van der Waals surface area (Å²) in [5.74, 6) is -0.659. The fourth-order valence-electron chi connectivity index (χ4n) is 3.63. The summed E-state index contributed by atoms with van der Waals surface area (Å²) in [4.78, 5) is 13.8. The fourth-order valence-corrected chi connectivity index (χ4v) is 4.73. The van der Waals surface area contributed by atoms with E-state index in [9.17, 15) is 9.18 Å². The zero-order valence-electron chi connectivity index (χ0n) is 17.4. The van der Waals surface area contributed by atoms with Crippen LogP contribution in [-0.2, 0) is 13.6 Å². The maximum atomic E-state index is 14.3. The van der Waals surface area contributed by atoms with Crippen molar-refractivity contribution in [2.75, 3.05) is 13.1 Å². The van der Waals surface area contributed by atoms with Crippen LogP contribution in [0.25, 0.3) is 11.0 Å². The van der Waals surface area contributed by atoms with Gasteiger partial charge in [0, 0.05) is 72.1 Å². The molecule has 0 saturated heterocycles. The minimum absolute atomic E-state index is 0.0626. The third-order valence-corrected chi connectivity index (χ3v) is 6.81. The lowest BCUT2D eigenvalue weighted by Gasteiger charge is -2.26. The Hall–Kier alpha value is -3.04. The predicted molar refractivity (Wildman–Crippen MR) is 120 cm³/mol. The summed E-state index contributed by atoms with van der Waals surface area (Å²) in [6, 6.07) is 6.46. The molecule has 162 valence electrons. The summed E-state index contributed by atoms with van der Waals surface area (Å²) in [5.41, 5.74) is 9.98. The average molecular weight is 442 g/mol. The lowest BCUT2D eigenvalue weighted by molar-refractivity contribution is 0.0942. The van der Waals surface area contributed by atoms with Crippen LogP contribution in [0.5, 0.6) is 0 Å². The van der Waals surface area contributed by atoms with E-state index in [0.717, 1.165) is 28.4 Å². The maximum absolute atomic E-state index is 14.3. The standard InChI is InChI=1S/C22H24FN5O2S/c1-13-21(31-28-7-5-18(25)14(10-24)12-28)9-19(27(13)2)22(29)26-11-16-15-6-8-30-20(15)4-3-17(16)23/h3-4,6,8-10,24H,5,7,11-12,25H2,1-2H3,(H,26,29). The highest BCUT2D eigenvalue weighted by molar-refractivity contribution is 7.97. The van der Waals surface area contributed by atoms with E-state index in [1.807, 2.05) is 24.6 Å². The molecule has 0 spiro atoms. The number of carbonyl (C=O) groups excluding carboxylic acids is 1. The van der Waals surface area contributed by atoms with Crippen molar-refractivity contribution in [1.82, 2.24) is 14.2 Å². The number of nitrogens with zero attached hydrogens (tertiary/aromatic N) is 2. The molecule has 7 nitrogen and oxygen atoms in total. The van der Waals surface area contributed by atoms with E-state index in [0.29, 0.717) is 35.2 Å². The number of rotatable bonds is 6. The van der Waals surface area contributed by atoms with Crippen molar-refractivity contribution in [2.24, 2.45) is 12.8 Å². The zero-order valence-corrected chi connectivity index (χ0v) is 18.2. The van der Waals surface area contributed by atoms with Crippen LogP contribution < -0.4 is 11.1 Å². The minimum Gasteiger partial charge on any atom is -0.464 e. The van der Waals surface area contributed by atoms with E-state index in [4.69, 9.17) is 15.6 Å². The highest BCUT2D eigenvalue weighted by atomic mass is 32.2. The third-order valence-electron chi connectivity index (χ3n) is 5.63. The fraction of sp³-hybridized carbons (Fsp3) is 0.273. The zero-order chi connectivity index (χ0) is 22.1. The maximum Gasteiger partial charge on any atom is 0.268 e. The van der Waals surface area contributed by atoms with E-state index in [1.165, 1.54) is 18.5 Å². The molecule has 0 radical (unpaired) electrons. The first-order valence-electron chi connectivity index (χ1n) is 9.89. The summed E-state index contributed by atoms with van der Waals surface area (Å²) >= 11 is 1.55. The van der Waals surface area contributed by atoms with Gasteiger partial charge in [0.2, 0.25) is 0 Å². The summed E-state index contributed by atoms with van der Waals surface area (Å²) < 4.78 is 23.6. The van der Waals surface area contributed by atoms with Gasteiger partial charge < -0.3 is 25.4 Å². The highest BCUT2D eigenvalue weighted by Crippen LogP contribution is 2.31. The molecular weight excluding hydrogens is 417 g/mol. The van der Waals surface area contributed by atoms with Crippen molar-refractivity contribution in [3.05, 3.63) is 64.6 Å². The molecule has 1 aromatic carbocycles. The molecule has 0 bridgehead atoms. The third kappa shape index (κ3) is 4.11. The number of fused-ring (bicyclic) bond motifs is 1. The van der Waals surface area contributed by atoms with Crippen molar-refractivity contribution < 1.29 is 13.6 Å². The second-order valence-electron chi connectivity index (χ2n) is 7.48. The van der Waals surface area contributed by atoms with Gasteiger partial charge in [-0.15, -0.1) is 0 Å². The van der Waals surface area contributed by atoms with E-state index in [1.54, 1.807) is 24.1 Å². The van der Waals surface area contributed by atoms with Crippen LogP contribution in [0.2, 0.25) is 0 Å². The number of furan rings is 1. The molecule has 9 heteroatoms. The molecular formula is C22H24FN5O2S. The smallest absolute Gasteiger partial charge is 0.268 e. The summed E-state index contributed by atoms with van der Waals surface area (Å²) in [5, 5.41) is 11.0. The Balaban J connectivity index is 1.49. The molecule has 0 fully saturated rings. The topological polar surface area (TPSA) is 100 Å². The summed E-state index contributed by atoms with van der Waals surface area (Å²) in [7, 11) is 1.84. The number of amides is 1. The van der Waals surface area contributed by atoms with Crippen LogP contribution in [-0.4, -0.2) is 34.1 Å². The number of carbonyl (C=O) groups is 1. The Bertz CT molecular complexity index is 1200. The van der Waals surface area contributed by atoms with E-state index >= 15 is 0 Å². The molecule has 4 rings (SSSR count). The predicted octanol–water partition coefficient (Wildman–Crippen LogP) is 3.72. The van der Waals surface area contributed by atoms with Gasteiger partial charge in [-0.2, -0.15) is 0 Å². The van der Waals surface area contributed by atoms with E-state index in [-0.39, 0.29) is 18.3 Å². The Morgan fingerprint density at radius 1 is 1.42 bits per heavy atom. The molecule has 3 heterocycles. The first-order valence-corrected chi connectivity index (χ1v) is 10.7. The SMILES string of the molecule is Cc1c(SN2CCC(N)=C(C=N)C2)cc(C(=O)NCc2c(F)ccc3occc23)n1C. The Morgan fingerprint density at radius 3 is 3.00 bits per heavy atom. The highest BCUT2D eigenvalue weighted by Gasteiger charge is 2.22. The molecule has 31 heavy (non-hydrogen) atoms. The number of nitrogens with two attached hydrogens (primary N) is 1. The monoisotopic (exact) mass is 441 g/mol. The number of hydrogen-bond donors (Lipinski definition) is 3. The van der Waals surface area contributed by atoms with Crippen LogP contribution in [0.15, 0.2) is 51.1 Å². The second kappa shape index (κ2) is 8.60. The first kappa shape index (κ1) is 21.2. The molecule has 0 saturated carbocycles. The van der Waals surface area contributed by atoms with Crippen LogP contribution >= 0.6 is 11.9 Å². The van der Waals surface area contributed by atoms with Crippen LogP contribution in [0, 0.1) is 18.2 Å². The second-order valence-corrected chi connectivity index (χ2v) is 8.62. The van der Waals surface area contributed by atoms with Gasteiger partial charge >= 0.3 is 0 Å². The van der Waals surface area contributed by atoms with Gasteiger partial charge in [-0.25, -0.2) is 8.70 Å². The Morgan fingerprint density at radius 2 is 2.23 bits per heavy atom. The molecule has 2 aromatic heterocycles. The van der Waals surface area contributed by atoms with Gasteiger partial charge in [-0.3, -0.25) is 4.79 Å². The Kier molecular flexibility index (Phi) is 5.88. The number of halogens is 1. The largest absolute Gasteiger partial charge is 0.464 e. The van der Waals surface area contributed by atoms with E-state index in [2.05, 4.69) is 9.62 Å². The van der Waals surface area contributed by atoms with Crippen molar-refractivity contribution in [3.8, 4) is 0 Å². The van der Waals surface area contributed by atoms with Gasteiger partial charge in [0.25, 0.3) is 5.91 Å². The molecule has 1 aliphatic heterocycles. The molecule has 1 amide bonds. The molecule has 4 N–H and O–H groups in total. The van der Waals surface area contributed by atoms with Gasteiger partial charge in [-0.05, 0) is 43.1 Å².